The molecule has 0 aliphatic carbocycles. The molecule has 0 aliphatic rings. The first kappa shape index (κ1) is 12.1. The zero-order valence-electron chi connectivity index (χ0n) is 8.17. The largest absolute Gasteiger partial charge is 0.521 e. The molecule has 1 unspecified atom stereocenters. The van der Waals surface area contributed by atoms with Crippen molar-refractivity contribution in [3.05, 3.63) is 30.3 Å². The van der Waals surface area contributed by atoms with Crippen molar-refractivity contribution in [1.82, 2.24) is 0 Å². The van der Waals surface area contributed by atoms with E-state index < -0.39 is 6.25 Å². The molecule has 0 spiro atoms. The molecule has 0 saturated carbocycles. The summed E-state index contributed by atoms with van der Waals surface area (Å²) in [6, 6.07) is 10.6. The molecule has 0 aromatic heterocycles. The van der Waals surface area contributed by atoms with Crippen LogP contribution in [0.4, 0.5) is 0 Å². The molecule has 4 heteroatoms. The average Bonchev–Trinajstić information content (AvgIpc) is 2.16. The normalized spacial score (nSPS) is 14.8. The molecule has 1 atom stereocenters. The van der Waals surface area contributed by atoms with Gasteiger partial charge in [0.05, 0.1) is 0 Å². The summed E-state index contributed by atoms with van der Waals surface area (Å²) in [6.45, 7) is 2.15. The summed E-state index contributed by atoms with van der Waals surface area (Å²) in [5.74, 6) is 0.849. The summed E-state index contributed by atoms with van der Waals surface area (Å²) in [5, 5.41) is 0. The van der Waals surface area contributed by atoms with E-state index in [2.05, 4.69) is 22.2 Å². The van der Waals surface area contributed by atoms with E-state index in [1.807, 2.05) is 30.3 Å². The third-order valence-electron chi connectivity index (χ3n) is 1.83. The molecule has 0 N–H and O–H groups in total. The van der Waals surface area contributed by atoms with Crippen LogP contribution in [0, 0.1) is 0 Å². The molecule has 0 amide bonds. The van der Waals surface area contributed by atoms with E-state index in [1.165, 1.54) is 0 Å². The van der Waals surface area contributed by atoms with Crippen LogP contribution >= 0.6 is 26.4 Å². The van der Waals surface area contributed by atoms with Crippen molar-refractivity contribution < 1.29 is 4.43 Å². The quantitative estimate of drug-likeness (QED) is 0.576. The lowest BCUT2D eigenvalue weighted by atomic mass is 10.3. The fraction of sp³-hybridized carbons (Fsp3) is 0.400. The minimum Gasteiger partial charge on any atom is -0.521 e. The minimum atomic E-state index is -2.18. The fourth-order valence-corrected chi connectivity index (χ4v) is 4.51. The van der Waals surface area contributed by atoms with Crippen molar-refractivity contribution in [1.29, 1.82) is 0 Å². The zero-order valence-corrected chi connectivity index (χ0v) is 11.5. The summed E-state index contributed by atoms with van der Waals surface area (Å²) in [7, 11) is 0. The van der Waals surface area contributed by atoms with Crippen LogP contribution in [-0.4, -0.2) is 6.25 Å². The van der Waals surface area contributed by atoms with Gasteiger partial charge in [-0.3, -0.25) is 0 Å². The topological polar surface area (TPSA) is 9.23 Å². The van der Waals surface area contributed by atoms with Gasteiger partial charge in [0.15, 0.2) is 0 Å². The van der Waals surface area contributed by atoms with E-state index >= 15 is 0 Å². The monoisotopic (exact) mass is 292 g/mol. The SMILES string of the molecule is CCCC[Si](Cl)(Br)Oc1ccccc1. The highest BCUT2D eigenvalue weighted by molar-refractivity contribution is 9.27. The lowest BCUT2D eigenvalue weighted by Crippen LogP contribution is -2.27. The molecule has 1 nitrogen and oxygen atoms in total. The Morgan fingerprint density at radius 1 is 1.36 bits per heavy atom. The van der Waals surface area contributed by atoms with Crippen LogP contribution in [0.2, 0.25) is 6.04 Å². The zero-order chi connectivity index (χ0) is 10.4. The van der Waals surface area contributed by atoms with Crippen molar-refractivity contribution in [2.24, 2.45) is 0 Å². The molecular formula is C10H14BrClOSi. The molecule has 14 heavy (non-hydrogen) atoms. The number of hydrogen-bond acceptors (Lipinski definition) is 1. The Morgan fingerprint density at radius 2 is 2.00 bits per heavy atom. The fourth-order valence-electron chi connectivity index (χ4n) is 1.09. The number of benzene rings is 1. The van der Waals surface area contributed by atoms with Gasteiger partial charge in [0.2, 0.25) is 0 Å². The van der Waals surface area contributed by atoms with E-state index in [1.54, 1.807) is 0 Å². The Hall–Kier alpha value is 0.00688. The molecule has 1 aromatic carbocycles. The molecular weight excluding hydrogens is 280 g/mol. The first-order chi connectivity index (χ1) is 6.64. The highest BCUT2D eigenvalue weighted by Crippen LogP contribution is 2.28. The summed E-state index contributed by atoms with van der Waals surface area (Å²) < 4.78 is 5.72. The van der Waals surface area contributed by atoms with Crippen LogP contribution < -0.4 is 4.43 Å². The molecule has 0 radical (unpaired) electrons. The van der Waals surface area contributed by atoms with Gasteiger partial charge in [0, 0.05) is 6.04 Å². The van der Waals surface area contributed by atoms with Crippen molar-refractivity contribution >= 4 is 32.6 Å². The Kier molecular flexibility index (Phi) is 4.99. The number of para-hydroxylation sites is 1. The van der Waals surface area contributed by atoms with Gasteiger partial charge in [-0.1, -0.05) is 53.3 Å². The van der Waals surface area contributed by atoms with Crippen LogP contribution in [0.15, 0.2) is 30.3 Å². The van der Waals surface area contributed by atoms with Crippen LogP contribution in [0.5, 0.6) is 5.75 Å². The second-order valence-electron chi connectivity index (χ2n) is 3.16. The number of unbranched alkanes of at least 4 members (excludes halogenated alkanes) is 1. The third-order valence-corrected chi connectivity index (χ3v) is 5.78. The molecule has 78 valence electrons. The van der Waals surface area contributed by atoms with E-state index in [0.29, 0.717) is 0 Å². The molecule has 0 heterocycles. The minimum absolute atomic E-state index is 0.849. The van der Waals surface area contributed by atoms with Gasteiger partial charge in [-0.2, -0.15) is 0 Å². The van der Waals surface area contributed by atoms with Crippen molar-refractivity contribution in [3.63, 3.8) is 0 Å². The van der Waals surface area contributed by atoms with Crippen LogP contribution in [0.1, 0.15) is 19.8 Å². The summed E-state index contributed by atoms with van der Waals surface area (Å²) in [4.78, 5) is 0. The molecule has 1 aromatic rings. The highest BCUT2D eigenvalue weighted by atomic mass is 79.9. The average molecular weight is 294 g/mol. The Morgan fingerprint density at radius 3 is 2.57 bits per heavy atom. The van der Waals surface area contributed by atoms with E-state index in [-0.39, 0.29) is 0 Å². The maximum atomic E-state index is 6.28. The van der Waals surface area contributed by atoms with E-state index in [9.17, 15) is 0 Å². The van der Waals surface area contributed by atoms with Crippen LogP contribution in [-0.2, 0) is 0 Å². The molecule has 0 aliphatic heterocycles. The predicted octanol–water partition coefficient (Wildman–Crippen LogP) is 4.44. The molecule has 0 bridgehead atoms. The molecule has 1 rings (SSSR count). The highest BCUT2D eigenvalue weighted by Gasteiger charge is 2.30. The standard InChI is InChI=1S/C10H14BrClOSi/c1-2-3-9-14(11,12)13-10-7-5-4-6-8-10/h4-8H,2-3,9H2,1H3. The number of hydrogen-bond donors (Lipinski definition) is 0. The lowest BCUT2D eigenvalue weighted by molar-refractivity contribution is 0.574. The maximum Gasteiger partial charge on any atom is 0.421 e. The van der Waals surface area contributed by atoms with Gasteiger partial charge in [-0.15, -0.1) is 11.1 Å². The maximum absolute atomic E-state index is 6.28. The third kappa shape index (κ3) is 4.49. The number of halogens is 2. The summed E-state index contributed by atoms with van der Waals surface area (Å²) >= 11 is 9.78. The van der Waals surface area contributed by atoms with Gasteiger partial charge < -0.3 is 4.43 Å². The Bertz CT molecular complexity index is 266. The lowest BCUT2D eigenvalue weighted by Gasteiger charge is -2.18. The van der Waals surface area contributed by atoms with Gasteiger partial charge >= 0.3 is 6.25 Å². The smallest absolute Gasteiger partial charge is 0.421 e. The van der Waals surface area contributed by atoms with Crippen molar-refractivity contribution in [2.75, 3.05) is 0 Å². The predicted molar refractivity (Wildman–Crippen MR) is 67.3 cm³/mol. The first-order valence-corrected chi connectivity index (χ1v) is 10.1. The first-order valence-electron chi connectivity index (χ1n) is 4.76. The molecule has 0 fully saturated rings. The Balaban J connectivity index is 2.50. The van der Waals surface area contributed by atoms with Gasteiger partial charge in [0.1, 0.15) is 5.75 Å². The Labute approximate surface area is 98.8 Å². The van der Waals surface area contributed by atoms with Gasteiger partial charge in [0.25, 0.3) is 0 Å². The van der Waals surface area contributed by atoms with Gasteiger partial charge in [-0.25, -0.2) is 0 Å². The summed E-state index contributed by atoms with van der Waals surface area (Å²) in [5.41, 5.74) is 0. The van der Waals surface area contributed by atoms with Crippen molar-refractivity contribution in [3.8, 4) is 5.75 Å². The van der Waals surface area contributed by atoms with Gasteiger partial charge in [-0.05, 0) is 12.1 Å². The number of rotatable bonds is 5. The van der Waals surface area contributed by atoms with E-state index in [4.69, 9.17) is 15.5 Å². The van der Waals surface area contributed by atoms with Crippen LogP contribution in [0.3, 0.4) is 0 Å². The molecule has 0 saturated heterocycles. The second-order valence-corrected chi connectivity index (χ2v) is 12.2. The van der Waals surface area contributed by atoms with E-state index in [0.717, 1.165) is 24.6 Å². The second kappa shape index (κ2) is 5.78. The summed E-state index contributed by atoms with van der Waals surface area (Å²) in [6.07, 6.45) is 0.0686. The van der Waals surface area contributed by atoms with Crippen molar-refractivity contribution in [2.45, 2.75) is 25.8 Å². The van der Waals surface area contributed by atoms with Crippen LogP contribution in [0.25, 0.3) is 0 Å².